The van der Waals surface area contributed by atoms with Gasteiger partial charge in [0, 0.05) is 6.42 Å². The molecule has 0 aliphatic carbocycles. The predicted molar refractivity (Wildman–Crippen MR) is 238 cm³/mol. The van der Waals surface area contributed by atoms with Crippen LogP contribution in [0.4, 0.5) is 0 Å². The Morgan fingerprint density at radius 3 is 1.46 bits per heavy atom. The summed E-state index contributed by atoms with van der Waals surface area (Å²) in [4.78, 5) is 25.2. The van der Waals surface area contributed by atoms with E-state index in [4.69, 9.17) is 9.05 Å². The number of amides is 1. The lowest BCUT2D eigenvalue weighted by Crippen LogP contribution is -2.45. The molecule has 0 heterocycles. The van der Waals surface area contributed by atoms with Gasteiger partial charge in [-0.05, 0) is 51.4 Å². The topological polar surface area (TPSA) is 108 Å². The molecule has 0 spiro atoms. The first-order valence-corrected chi connectivity index (χ1v) is 24.8. The van der Waals surface area contributed by atoms with Crippen LogP contribution < -0.4 is 10.2 Å². The molecule has 3 unspecified atom stereocenters. The van der Waals surface area contributed by atoms with Gasteiger partial charge >= 0.3 is 0 Å². The molecular formula is C47H91N2O6P. The number of aliphatic hydroxyl groups excluding tert-OH is 1. The highest BCUT2D eigenvalue weighted by atomic mass is 31.2. The first-order chi connectivity index (χ1) is 27.0. The Hall–Kier alpha value is -1.28. The summed E-state index contributed by atoms with van der Waals surface area (Å²) in [5, 5.41) is 13.7. The monoisotopic (exact) mass is 811 g/mol. The maximum atomic E-state index is 12.7. The van der Waals surface area contributed by atoms with Gasteiger partial charge in [0.05, 0.1) is 39.9 Å². The Kier molecular flexibility index (Phi) is 38.3. The molecule has 0 aromatic rings. The molecule has 0 bridgehead atoms. The number of nitrogens with one attached hydrogen (secondary N) is 1. The minimum Gasteiger partial charge on any atom is -0.756 e. The number of carbonyl (C=O) groups is 1. The number of phosphoric acid groups is 1. The lowest BCUT2D eigenvalue weighted by molar-refractivity contribution is -0.870. The molecule has 0 aliphatic rings. The molecule has 1 amide bonds. The fraction of sp³-hybridized carbons (Fsp3) is 0.851. The van der Waals surface area contributed by atoms with E-state index in [1.165, 1.54) is 148 Å². The summed E-state index contributed by atoms with van der Waals surface area (Å²) >= 11 is 0. The quantitative estimate of drug-likeness (QED) is 0.0275. The number of carbonyl (C=O) groups excluding carboxylic acids is 1. The minimum absolute atomic E-state index is 0.0109. The zero-order chi connectivity index (χ0) is 41.4. The Labute approximate surface area is 347 Å². The van der Waals surface area contributed by atoms with Crippen LogP contribution in [0.15, 0.2) is 36.5 Å². The number of nitrogens with zero attached hydrogens (tertiary/aromatic N) is 1. The van der Waals surface area contributed by atoms with Gasteiger partial charge in [-0.1, -0.05) is 185 Å². The van der Waals surface area contributed by atoms with Crippen LogP contribution in [0.25, 0.3) is 0 Å². The van der Waals surface area contributed by atoms with Gasteiger partial charge in [0.1, 0.15) is 13.2 Å². The van der Waals surface area contributed by atoms with Gasteiger partial charge in [-0.2, -0.15) is 0 Å². The van der Waals surface area contributed by atoms with Crippen LogP contribution in [0.1, 0.15) is 206 Å². The third-order valence-corrected chi connectivity index (χ3v) is 11.3. The van der Waals surface area contributed by atoms with Crippen LogP contribution in [0.2, 0.25) is 0 Å². The lowest BCUT2D eigenvalue weighted by Gasteiger charge is -2.29. The standard InChI is InChI=1S/C47H91N2O6P/c1-6-8-10-12-14-16-17-18-19-20-21-22-23-24-25-26-27-28-29-30-31-33-34-36-38-40-46(50)45(44-55-56(52,53)54-43-42-49(3,4)5)48-47(51)41-39-37-35-32-15-13-11-9-7-2/h31-33,35,38,40,45-46,50H,6-30,34,36-37,39,41-44H2,1-5H3,(H-,48,51,52,53)/b33-31+,35-32-,40-38+. The summed E-state index contributed by atoms with van der Waals surface area (Å²) in [6.45, 7) is 4.57. The third kappa shape index (κ3) is 40.9. The molecular weight excluding hydrogens is 719 g/mol. The molecule has 2 N–H and O–H groups in total. The number of quaternary nitrogens is 1. The summed E-state index contributed by atoms with van der Waals surface area (Å²) < 4.78 is 23.1. The summed E-state index contributed by atoms with van der Waals surface area (Å²) in [6.07, 6.45) is 48.0. The summed E-state index contributed by atoms with van der Waals surface area (Å²) in [7, 11) is 1.23. The smallest absolute Gasteiger partial charge is 0.268 e. The minimum atomic E-state index is -4.60. The van der Waals surface area contributed by atoms with Gasteiger partial charge in [-0.15, -0.1) is 0 Å². The van der Waals surface area contributed by atoms with Crippen molar-refractivity contribution in [2.75, 3.05) is 40.9 Å². The molecule has 0 radical (unpaired) electrons. The molecule has 3 atom stereocenters. The molecule has 0 aromatic carbocycles. The van der Waals surface area contributed by atoms with E-state index in [1.54, 1.807) is 6.08 Å². The second kappa shape index (κ2) is 39.2. The van der Waals surface area contributed by atoms with Crippen molar-refractivity contribution in [3.63, 3.8) is 0 Å². The number of rotatable bonds is 42. The van der Waals surface area contributed by atoms with E-state index in [1.807, 2.05) is 27.2 Å². The summed E-state index contributed by atoms with van der Waals surface area (Å²) in [5.74, 6) is -0.244. The average Bonchev–Trinajstić information content (AvgIpc) is 3.15. The van der Waals surface area contributed by atoms with Crippen LogP contribution in [0.5, 0.6) is 0 Å². The largest absolute Gasteiger partial charge is 0.756 e. The maximum absolute atomic E-state index is 12.7. The number of hydrogen-bond acceptors (Lipinski definition) is 6. The Bertz CT molecular complexity index is 1010. The number of aliphatic hydroxyl groups is 1. The van der Waals surface area contributed by atoms with Gasteiger partial charge in [-0.25, -0.2) is 0 Å². The van der Waals surface area contributed by atoms with Crippen molar-refractivity contribution >= 4 is 13.7 Å². The van der Waals surface area contributed by atoms with Crippen molar-refractivity contribution in [1.82, 2.24) is 5.32 Å². The molecule has 0 aromatic heterocycles. The number of likely N-dealkylation sites (N-methyl/N-ethyl adjacent to an activating group) is 1. The van der Waals surface area contributed by atoms with Crippen molar-refractivity contribution in [3.05, 3.63) is 36.5 Å². The van der Waals surface area contributed by atoms with Crippen molar-refractivity contribution in [1.29, 1.82) is 0 Å². The van der Waals surface area contributed by atoms with E-state index in [0.717, 1.165) is 32.1 Å². The van der Waals surface area contributed by atoms with E-state index in [0.29, 0.717) is 17.4 Å². The normalized spacial score (nSPS) is 14.6. The zero-order valence-electron chi connectivity index (χ0n) is 37.3. The average molecular weight is 811 g/mol. The van der Waals surface area contributed by atoms with Crippen molar-refractivity contribution in [2.45, 2.75) is 219 Å². The second-order valence-corrected chi connectivity index (χ2v) is 18.5. The zero-order valence-corrected chi connectivity index (χ0v) is 38.2. The fourth-order valence-corrected chi connectivity index (χ4v) is 7.31. The number of unbranched alkanes of at least 4 members (excludes halogenated alkanes) is 25. The summed E-state index contributed by atoms with van der Waals surface area (Å²) in [6, 6.07) is -0.915. The number of allylic oxidation sites excluding steroid dienone is 5. The van der Waals surface area contributed by atoms with Crippen LogP contribution in [-0.2, 0) is 18.4 Å². The Balaban J connectivity index is 4.27. The van der Waals surface area contributed by atoms with E-state index < -0.39 is 26.6 Å². The molecule has 0 aliphatic heterocycles. The van der Waals surface area contributed by atoms with Crippen LogP contribution in [0, 0.1) is 0 Å². The van der Waals surface area contributed by atoms with Gasteiger partial charge in [0.2, 0.25) is 5.91 Å². The van der Waals surface area contributed by atoms with Crippen molar-refractivity contribution in [2.24, 2.45) is 0 Å². The summed E-state index contributed by atoms with van der Waals surface area (Å²) in [5.41, 5.74) is 0. The Morgan fingerprint density at radius 2 is 1.00 bits per heavy atom. The van der Waals surface area contributed by atoms with Crippen molar-refractivity contribution in [3.8, 4) is 0 Å². The van der Waals surface area contributed by atoms with Gasteiger partial charge in [-0.3, -0.25) is 9.36 Å². The molecule has 330 valence electrons. The maximum Gasteiger partial charge on any atom is 0.268 e. The van der Waals surface area contributed by atoms with E-state index >= 15 is 0 Å². The Morgan fingerprint density at radius 1 is 0.607 bits per heavy atom. The van der Waals surface area contributed by atoms with Gasteiger partial charge in [0.25, 0.3) is 7.82 Å². The van der Waals surface area contributed by atoms with Crippen LogP contribution in [-0.4, -0.2) is 68.5 Å². The highest BCUT2D eigenvalue weighted by Crippen LogP contribution is 2.38. The van der Waals surface area contributed by atoms with Crippen LogP contribution >= 0.6 is 7.82 Å². The first-order valence-electron chi connectivity index (χ1n) is 23.4. The van der Waals surface area contributed by atoms with Gasteiger partial charge in [0.15, 0.2) is 0 Å². The first kappa shape index (κ1) is 54.7. The predicted octanol–water partition coefficient (Wildman–Crippen LogP) is 12.5. The molecule has 0 fully saturated rings. The van der Waals surface area contributed by atoms with Crippen LogP contribution in [0.3, 0.4) is 0 Å². The van der Waals surface area contributed by atoms with Gasteiger partial charge < -0.3 is 28.8 Å². The SMILES string of the molecule is CCCCCC/C=C\CCCC(=O)NC(COP(=O)([O-])OCC[N+](C)(C)C)C(O)/C=C/CC/C=C/CCCCCCCCCCCCCCCCCCCCC. The molecule has 0 saturated carbocycles. The molecule has 0 saturated heterocycles. The highest BCUT2D eigenvalue weighted by molar-refractivity contribution is 7.45. The van der Waals surface area contributed by atoms with Crippen molar-refractivity contribution < 1.29 is 32.9 Å². The second-order valence-electron chi connectivity index (χ2n) is 17.1. The van der Waals surface area contributed by atoms with E-state index in [2.05, 4.69) is 43.5 Å². The highest BCUT2D eigenvalue weighted by Gasteiger charge is 2.23. The lowest BCUT2D eigenvalue weighted by atomic mass is 10.0. The molecule has 0 rings (SSSR count). The number of hydrogen-bond donors (Lipinski definition) is 2. The molecule has 8 nitrogen and oxygen atoms in total. The fourth-order valence-electron chi connectivity index (χ4n) is 6.58. The van der Waals surface area contributed by atoms with E-state index in [9.17, 15) is 19.4 Å². The van der Waals surface area contributed by atoms with E-state index in [-0.39, 0.29) is 18.9 Å². The molecule has 9 heteroatoms. The molecule has 56 heavy (non-hydrogen) atoms. The third-order valence-electron chi connectivity index (χ3n) is 10.3. The number of phosphoric ester groups is 1.